The number of nitrogens with one attached hydrogen (secondary N) is 1. The highest BCUT2D eigenvalue weighted by molar-refractivity contribution is 4.71. The fourth-order valence-corrected chi connectivity index (χ4v) is 2.21. The highest BCUT2D eigenvalue weighted by Crippen LogP contribution is 2.25. The van der Waals surface area contributed by atoms with Crippen molar-refractivity contribution in [2.45, 2.75) is 51.5 Å². The van der Waals surface area contributed by atoms with Crippen molar-refractivity contribution >= 4 is 0 Å². The lowest BCUT2D eigenvalue weighted by Gasteiger charge is -2.16. The van der Waals surface area contributed by atoms with E-state index in [2.05, 4.69) is 12.4 Å². The maximum Gasteiger partial charge on any atom is 0.0915 e. The minimum absolute atomic E-state index is 0.554. The molecule has 0 aliphatic heterocycles. The third-order valence-corrected chi connectivity index (χ3v) is 3.31. The summed E-state index contributed by atoms with van der Waals surface area (Å²) in [6.45, 7) is 3.61. The third-order valence-electron chi connectivity index (χ3n) is 3.31. The molecular formula is C12H25NO2. The monoisotopic (exact) mass is 215 g/mol. The Bertz CT molecular complexity index is 153. The van der Waals surface area contributed by atoms with Crippen LogP contribution in [-0.2, 0) is 9.57 Å². The second kappa shape index (κ2) is 8.08. The maximum absolute atomic E-state index is 5.36. The van der Waals surface area contributed by atoms with Crippen molar-refractivity contribution in [2.24, 2.45) is 5.92 Å². The van der Waals surface area contributed by atoms with Gasteiger partial charge < -0.3 is 4.74 Å². The molecule has 1 N–H and O–H groups in total. The molecule has 0 amide bonds. The summed E-state index contributed by atoms with van der Waals surface area (Å²) in [4.78, 5) is 5.36. The van der Waals surface area contributed by atoms with E-state index in [0.717, 1.165) is 5.92 Å². The van der Waals surface area contributed by atoms with E-state index in [0.29, 0.717) is 19.3 Å². The number of methoxy groups -OCH3 is 1. The Morgan fingerprint density at radius 2 is 2.00 bits per heavy atom. The molecule has 0 radical (unpaired) electrons. The zero-order chi connectivity index (χ0) is 10.9. The van der Waals surface area contributed by atoms with Crippen LogP contribution in [0.1, 0.15) is 45.4 Å². The van der Waals surface area contributed by atoms with Gasteiger partial charge in [0.1, 0.15) is 0 Å². The van der Waals surface area contributed by atoms with Gasteiger partial charge in [-0.15, -0.1) is 0 Å². The average molecular weight is 215 g/mol. The van der Waals surface area contributed by atoms with Crippen molar-refractivity contribution in [3.63, 3.8) is 0 Å². The van der Waals surface area contributed by atoms with Crippen molar-refractivity contribution in [2.75, 3.05) is 20.3 Å². The Morgan fingerprint density at radius 3 is 2.73 bits per heavy atom. The summed E-state index contributed by atoms with van der Waals surface area (Å²) in [5, 5.41) is 0. The molecule has 0 aromatic heterocycles. The van der Waals surface area contributed by atoms with Crippen LogP contribution in [0.15, 0.2) is 0 Å². The minimum Gasteiger partial charge on any atom is -0.382 e. The summed E-state index contributed by atoms with van der Waals surface area (Å²) in [6, 6.07) is 0.554. The SMILES string of the molecule is CCC1CCCC(NOCCOC)CC1. The predicted molar refractivity (Wildman–Crippen MR) is 61.6 cm³/mol. The lowest BCUT2D eigenvalue weighted by Crippen LogP contribution is -2.29. The van der Waals surface area contributed by atoms with Gasteiger partial charge in [-0.1, -0.05) is 26.2 Å². The van der Waals surface area contributed by atoms with Gasteiger partial charge in [-0.2, -0.15) is 5.48 Å². The van der Waals surface area contributed by atoms with E-state index in [-0.39, 0.29) is 0 Å². The van der Waals surface area contributed by atoms with Crippen LogP contribution in [-0.4, -0.2) is 26.4 Å². The first-order valence-electron chi connectivity index (χ1n) is 6.23. The van der Waals surface area contributed by atoms with Crippen molar-refractivity contribution in [3.8, 4) is 0 Å². The first-order chi connectivity index (χ1) is 7.36. The summed E-state index contributed by atoms with van der Waals surface area (Å²) in [6.07, 6.45) is 7.92. The Morgan fingerprint density at radius 1 is 1.13 bits per heavy atom. The first kappa shape index (κ1) is 12.9. The highest BCUT2D eigenvalue weighted by atomic mass is 16.7. The second-order valence-electron chi connectivity index (χ2n) is 4.44. The van der Waals surface area contributed by atoms with Gasteiger partial charge in [0.25, 0.3) is 0 Å². The Balaban J connectivity index is 2.08. The molecule has 0 saturated heterocycles. The summed E-state index contributed by atoms with van der Waals surface area (Å²) in [5.74, 6) is 0.941. The zero-order valence-electron chi connectivity index (χ0n) is 10.1. The average Bonchev–Trinajstić information content (AvgIpc) is 2.49. The fourth-order valence-electron chi connectivity index (χ4n) is 2.21. The van der Waals surface area contributed by atoms with Gasteiger partial charge in [0.2, 0.25) is 0 Å². The molecule has 2 atom stereocenters. The van der Waals surface area contributed by atoms with Crippen LogP contribution in [0.4, 0.5) is 0 Å². The van der Waals surface area contributed by atoms with E-state index < -0.39 is 0 Å². The van der Waals surface area contributed by atoms with Gasteiger partial charge in [-0.25, -0.2) is 0 Å². The molecule has 1 rings (SSSR count). The first-order valence-corrected chi connectivity index (χ1v) is 6.23. The Kier molecular flexibility index (Phi) is 6.98. The Labute approximate surface area is 93.5 Å². The van der Waals surface area contributed by atoms with Crippen molar-refractivity contribution < 1.29 is 9.57 Å². The molecule has 0 aromatic rings. The molecule has 15 heavy (non-hydrogen) atoms. The van der Waals surface area contributed by atoms with Gasteiger partial charge in [0.05, 0.1) is 13.2 Å². The number of ether oxygens (including phenoxy) is 1. The molecule has 1 aliphatic rings. The fraction of sp³-hybridized carbons (Fsp3) is 1.00. The van der Waals surface area contributed by atoms with E-state index in [9.17, 15) is 0 Å². The van der Waals surface area contributed by atoms with Crippen molar-refractivity contribution in [1.82, 2.24) is 5.48 Å². The smallest absolute Gasteiger partial charge is 0.0915 e. The summed E-state index contributed by atoms with van der Waals surface area (Å²) in [5.41, 5.74) is 3.16. The second-order valence-corrected chi connectivity index (χ2v) is 4.44. The van der Waals surface area contributed by atoms with Gasteiger partial charge >= 0.3 is 0 Å². The van der Waals surface area contributed by atoms with Crippen LogP contribution >= 0.6 is 0 Å². The lowest BCUT2D eigenvalue weighted by molar-refractivity contribution is -0.0145. The van der Waals surface area contributed by atoms with Gasteiger partial charge in [-0.3, -0.25) is 4.84 Å². The van der Waals surface area contributed by atoms with Gasteiger partial charge in [0.15, 0.2) is 0 Å². The van der Waals surface area contributed by atoms with E-state index in [1.54, 1.807) is 7.11 Å². The van der Waals surface area contributed by atoms with Crippen LogP contribution in [0.5, 0.6) is 0 Å². The number of hydroxylamine groups is 1. The number of hydrogen-bond donors (Lipinski definition) is 1. The standard InChI is InChI=1S/C12H25NO2/c1-3-11-5-4-6-12(8-7-11)13-15-10-9-14-2/h11-13H,3-10H2,1-2H3. The Hall–Kier alpha value is -0.120. The molecule has 1 saturated carbocycles. The summed E-state index contributed by atoms with van der Waals surface area (Å²) >= 11 is 0. The van der Waals surface area contributed by atoms with E-state index in [1.807, 2.05) is 0 Å². The molecule has 1 fully saturated rings. The molecule has 2 unspecified atom stereocenters. The molecule has 3 nitrogen and oxygen atoms in total. The molecule has 0 aromatic carbocycles. The highest BCUT2D eigenvalue weighted by Gasteiger charge is 2.17. The largest absolute Gasteiger partial charge is 0.382 e. The predicted octanol–water partition coefficient (Wildman–Crippen LogP) is 2.51. The number of rotatable bonds is 6. The van der Waals surface area contributed by atoms with E-state index in [4.69, 9.17) is 9.57 Å². The van der Waals surface area contributed by atoms with Crippen LogP contribution < -0.4 is 5.48 Å². The molecule has 3 heteroatoms. The molecule has 90 valence electrons. The lowest BCUT2D eigenvalue weighted by atomic mass is 9.98. The van der Waals surface area contributed by atoms with Crippen molar-refractivity contribution in [1.29, 1.82) is 0 Å². The van der Waals surface area contributed by atoms with Crippen LogP contribution in [0, 0.1) is 5.92 Å². The normalized spacial score (nSPS) is 27.6. The van der Waals surface area contributed by atoms with Gasteiger partial charge in [0, 0.05) is 13.2 Å². The number of hydrogen-bond acceptors (Lipinski definition) is 3. The quantitative estimate of drug-likeness (QED) is 0.419. The summed E-state index contributed by atoms with van der Waals surface area (Å²) < 4.78 is 4.93. The topological polar surface area (TPSA) is 30.5 Å². The minimum atomic E-state index is 0.554. The molecule has 0 spiro atoms. The molecular weight excluding hydrogens is 190 g/mol. The van der Waals surface area contributed by atoms with Crippen LogP contribution in [0.2, 0.25) is 0 Å². The molecule has 0 heterocycles. The van der Waals surface area contributed by atoms with Crippen LogP contribution in [0.25, 0.3) is 0 Å². The maximum atomic E-state index is 5.36. The van der Waals surface area contributed by atoms with Crippen molar-refractivity contribution in [3.05, 3.63) is 0 Å². The molecule has 1 aliphatic carbocycles. The zero-order valence-corrected chi connectivity index (χ0v) is 10.1. The van der Waals surface area contributed by atoms with E-state index in [1.165, 1.54) is 38.5 Å². The van der Waals surface area contributed by atoms with Crippen LogP contribution in [0.3, 0.4) is 0 Å². The van der Waals surface area contributed by atoms with E-state index >= 15 is 0 Å². The van der Waals surface area contributed by atoms with Gasteiger partial charge in [-0.05, 0) is 25.2 Å². The summed E-state index contributed by atoms with van der Waals surface area (Å²) in [7, 11) is 1.70. The third kappa shape index (κ3) is 5.50. The molecule has 0 bridgehead atoms.